The van der Waals surface area contributed by atoms with Gasteiger partial charge in [-0.05, 0) is 7.05 Å². The van der Waals surface area contributed by atoms with Crippen LogP contribution in [0.2, 0.25) is 0 Å². The highest BCUT2D eigenvalue weighted by Gasteiger charge is 2.17. The molecular weight excluding hydrogens is 198 g/mol. The van der Waals surface area contributed by atoms with Crippen LogP contribution in [0, 0.1) is 0 Å². The average molecular weight is 213 g/mol. The van der Waals surface area contributed by atoms with E-state index in [0.717, 1.165) is 31.4 Å². The van der Waals surface area contributed by atoms with E-state index in [-0.39, 0.29) is 6.10 Å². The number of hydrogen-bond donors (Lipinski definition) is 1. The summed E-state index contributed by atoms with van der Waals surface area (Å²) in [5.74, 6) is 0. The smallest absolute Gasteiger partial charge is 0.182 e. The maximum Gasteiger partial charge on any atom is 0.182 e. The first-order valence-electron chi connectivity index (χ1n) is 4.78. The fraction of sp³-hybridized carbons (Fsp3) is 0.667. The molecule has 0 aromatic carbocycles. The van der Waals surface area contributed by atoms with Crippen LogP contribution in [0.3, 0.4) is 0 Å². The van der Waals surface area contributed by atoms with Gasteiger partial charge in [-0.3, -0.25) is 0 Å². The lowest BCUT2D eigenvalue weighted by molar-refractivity contribution is -0.0117. The SMILES string of the molecule is CN1CCO[C@@H](CNc2nccs2)C1. The monoisotopic (exact) mass is 213 g/mol. The third-order valence-electron chi connectivity index (χ3n) is 2.26. The first-order chi connectivity index (χ1) is 6.84. The van der Waals surface area contributed by atoms with Crippen LogP contribution in [0.15, 0.2) is 11.6 Å². The van der Waals surface area contributed by atoms with Gasteiger partial charge in [-0.15, -0.1) is 11.3 Å². The number of anilines is 1. The number of rotatable bonds is 3. The summed E-state index contributed by atoms with van der Waals surface area (Å²) in [4.78, 5) is 6.45. The van der Waals surface area contributed by atoms with Crippen molar-refractivity contribution in [3.8, 4) is 0 Å². The fourth-order valence-corrected chi connectivity index (χ4v) is 2.04. The topological polar surface area (TPSA) is 37.4 Å². The molecule has 14 heavy (non-hydrogen) atoms. The Hall–Kier alpha value is -0.650. The molecule has 1 fully saturated rings. The predicted molar refractivity (Wildman–Crippen MR) is 57.8 cm³/mol. The minimum absolute atomic E-state index is 0.289. The van der Waals surface area contributed by atoms with Gasteiger partial charge in [0.1, 0.15) is 0 Å². The van der Waals surface area contributed by atoms with Crippen LogP contribution < -0.4 is 5.32 Å². The van der Waals surface area contributed by atoms with Gasteiger partial charge in [-0.25, -0.2) is 4.98 Å². The molecule has 4 nitrogen and oxygen atoms in total. The van der Waals surface area contributed by atoms with Crippen molar-refractivity contribution in [3.05, 3.63) is 11.6 Å². The number of hydrogen-bond acceptors (Lipinski definition) is 5. The minimum atomic E-state index is 0.289. The van der Waals surface area contributed by atoms with Gasteiger partial charge in [0.25, 0.3) is 0 Å². The lowest BCUT2D eigenvalue weighted by Crippen LogP contribution is -2.43. The van der Waals surface area contributed by atoms with E-state index in [1.54, 1.807) is 17.5 Å². The Kier molecular flexibility index (Phi) is 3.34. The maximum absolute atomic E-state index is 5.62. The van der Waals surface area contributed by atoms with Crippen LogP contribution in [-0.2, 0) is 4.74 Å². The van der Waals surface area contributed by atoms with Crippen LogP contribution in [0.4, 0.5) is 5.13 Å². The summed E-state index contributed by atoms with van der Waals surface area (Å²) in [6, 6.07) is 0. The summed E-state index contributed by atoms with van der Waals surface area (Å²) >= 11 is 1.62. The summed E-state index contributed by atoms with van der Waals surface area (Å²) in [6.07, 6.45) is 2.10. The van der Waals surface area contributed by atoms with Gasteiger partial charge >= 0.3 is 0 Å². The third kappa shape index (κ3) is 2.67. The van der Waals surface area contributed by atoms with Crippen molar-refractivity contribution in [3.63, 3.8) is 0 Å². The lowest BCUT2D eigenvalue weighted by atomic mass is 10.3. The van der Waals surface area contributed by atoms with Gasteiger partial charge in [0.2, 0.25) is 0 Å². The second-order valence-electron chi connectivity index (χ2n) is 3.47. The number of nitrogens with zero attached hydrogens (tertiary/aromatic N) is 2. The van der Waals surface area contributed by atoms with Crippen molar-refractivity contribution < 1.29 is 4.74 Å². The lowest BCUT2D eigenvalue weighted by Gasteiger charge is -2.29. The molecular formula is C9H15N3OS. The highest BCUT2D eigenvalue weighted by Crippen LogP contribution is 2.11. The Morgan fingerprint density at radius 1 is 1.79 bits per heavy atom. The second kappa shape index (κ2) is 4.72. The number of ether oxygens (including phenoxy) is 1. The van der Waals surface area contributed by atoms with Crippen LogP contribution in [0.1, 0.15) is 0 Å². The van der Waals surface area contributed by atoms with Crippen molar-refractivity contribution in [1.82, 2.24) is 9.88 Å². The highest BCUT2D eigenvalue weighted by molar-refractivity contribution is 7.13. The summed E-state index contributed by atoms with van der Waals surface area (Å²) in [6.45, 7) is 3.71. The Balaban J connectivity index is 1.75. The fourth-order valence-electron chi connectivity index (χ4n) is 1.50. The Labute approximate surface area is 87.9 Å². The second-order valence-corrected chi connectivity index (χ2v) is 4.37. The molecule has 78 valence electrons. The van der Waals surface area contributed by atoms with E-state index >= 15 is 0 Å². The van der Waals surface area contributed by atoms with Crippen LogP contribution in [0.25, 0.3) is 0 Å². The van der Waals surface area contributed by atoms with Gasteiger partial charge < -0.3 is 15.0 Å². The van der Waals surface area contributed by atoms with E-state index in [9.17, 15) is 0 Å². The van der Waals surface area contributed by atoms with Gasteiger partial charge in [0.05, 0.1) is 12.7 Å². The first kappa shape index (κ1) is 9.89. The molecule has 0 spiro atoms. The molecule has 1 aromatic rings. The van der Waals surface area contributed by atoms with Crippen molar-refractivity contribution in [2.24, 2.45) is 0 Å². The molecule has 2 heterocycles. The van der Waals surface area contributed by atoms with Crippen molar-refractivity contribution >= 4 is 16.5 Å². The number of likely N-dealkylation sites (N-methyl/N-ethyl adjacent to an activating group) is 1. The highest BCUT2D eigenvalue weighted by atomic mass is 32.1. The van der Waals surface area contributed by atoms with Gasteiger partial charge in [-0.1, -0.05) is 0 Å². The molecule has 0 amide bonds. The summed E-state index contributed by atoms with van der Waals surface area (Å²) < 4.78 is 5.62. The molecule has 2 rings (SSSR count). The van der Waals surface area contributed by atoms with Crippen LogP contribution in [-0.4, -0.2) is 49.3 Å². The molecule has 0 saturated carbocycles. The zero-order valence-electron chi connectivity index (χ0n) is 8.27. The number of morpholine rings is 1. The molecule has 0 radical (unpaired) electrons. The molecule has 5 heteroatoms. The first-order valence-corrected chi connectivity index (χ1v) is 5.66. The molecule has 0 bridgehead atoms. The molecule has 1 atom stereocenters. The Morgan fingerprint density at radius 2 is 2.71 bits per heavy atom. The molecule has 1 aliphatic rings. The average Bonchev–Trinajstić information content (AvgIpc) is 2.67. The Bertz CT molecular complexity index is 265. The molecule has 0 aliphatic carbocycles. The zero-order valence-corrected chi connectivity index (χ0v) is 9.09. The van der Waals surface area contributed by atoms with Crippen LogP contribution in [0.5, 0.6) is 0 Å². The van der Waals surface area contributed by atoms with E-state index < -0.39 is 0 Å². The molecule has 1 aromatic heterocycles. The van der Waals surface area contributed by atoms with Gasteiger partial charge in [0, 0.05) is 31.2 Å². The molecule has 1 saturated heterocycles. The molecule has 1 aliphatic heterocycles. The van der Waals surface area contributed by atoms with Crippen molar-refractivity contribution in [2.75, 3.05) is 38.6 Å². The number of thiazole rings is 1. The summed E-state index contributed by atoms with van der Waals surface area (Å²) in [5.41, 5.74) is 0. The summed E-state index contributed by atoms with van der Waals surface area (Å²) in [5, 5.41) is 6.21. The number of aromatic nitrogens is 1. The Morgan fingerprint density at radius 3 is 3.43 bits per heavy atom. The quantitative estimate of drug-likeness (QED) is 0.809. The van der Waals surface area contributed by atoms with Crippen molar-refractivity contribution in [1.29, 1.82) is 0 Å². The van der Waals surface area contributed by atoms with Crippen molar-refractivity contribution in [2.45, 2.75) is 6.10 Å². The molecule has 1 N–H and O–H groups in total. The van der Waals surface area contributed by atoms with E-state index in [4.69, 9.17) is 4.74 Å². The molecule has 0 unspecified atom stereocenters. The van der Waals surface area contributed by atoms with E-state index in [1.807, 2.05) is 5.38 Å². The van der Waals surface area contributed by atoms with Crippen LogP contribution >= 0.6 is 11.3 Å². The maximum atomic E-state index is 5.62. The van der Waals surface area contributed by atoms with E-state index in [2.05, 4.69) is 22.2 Å². The third-order valence-corrected chi connectivity index (χ3v) is 2.99. The van der Waals surface area contributed by atoms with Gasteiger partial charge in [0.15, 0.2) is 5.13 Å². The zero-order chi connectivity index (χ0) is 9.80. The largest absolute Gasteiger partial charge is 0.374 e. The standard InChI is InChI=1S/C9H15N3OS/c1-12-3-4-13-8(7-12)6-11-9-10-2-5-14-9/h2,5,8H,3-4,6-7H2,1H3,(H,10,11)/t8-/m0/s1. The van der Waals surface area contributed by atoms with E-state index in [1.165, 1.54) is 0 Å². The predicted octanol–water partition coefficient (Wildman–Crippen LogP) is 0.886. The minimum Gasteiger partial charge on any atom is -0.374 e. The summed E-state index contributed by atoms with van der Waals surface area (Å²) in [7, 11) is 2.12. The van der Waals surface area contributed by atoms with E-state index in [0.29, 0.717) is 0 Å². The van der Waals surface area contributed by atoms with Gasteiger partial charge in [-0.2, -0.15) is 0 Å². The normalized spacial score (nSPS) is 23.6. The number of nitrogens with one attached hydrogen (secondary N) is 1.